The monoisotopic (exact) mass is 285 g/mol. The van der Waals surface area contributed by atoms with Gasteiger partial charge >= 0.3 is 12.0 Å². The second kappa shape index (κ2) is 8.09. The average Bonchev–Trinajstić information content (AvgIpc) is 3.17. The number of rotatable bonds is 9. The Labute approximate surface area is 120 Å². The molecule has 0 saturated heterocycles. The van der Waals surface area contributed by atoms with Gasteiger partial charge in [-0.05, 0) is 31.7 Å². The average molecular weight is 285 g/mol. The molecule has 3 N–H and O–H groups in total. The van der Waals surface area contributed by atoms with Gasteiger partial charge in [0.25, 0.3) is 0 Å². The van der Waals surface area contributed by atoms with Gasteiger partial charge in [-0.15, -0.1) is 0 Å². The zero-order valence-corrected chi connectivity index (χ0v) is 12.7. The van der Waals surface area contributed by atoms with E-state index in [1.54, 1.807) is 0 Å². The molecule has 0 aromatic carbocycles. The van der Waals surface area contributed by atoms with Gasteiger partial charge in [0.2, 0.25) is 0 Å². The lowest BCUT2D eigenvalue weighted by molar-refractivity contribution is -0.139. The van der Waals surface area contributed by atoms with Crippen molar-refractivity contribution in [3.63, 3.8) is 0 Å². The molecule has 0 radical (unpaired) electrons. The highest BCUT2D eigenvalue weighted by Gasteiger charge is 2.27. The summed E-state index contributed by atoms with van der Waals surface area (Å²) in [5, 5.41) is 14.3. The number of hydrogen-bond donors (Lipinski definition) is 3. The maximum Gasteiger partial charge on any atom is 0.326 e. The molecule has 1 aliphatic carbocycles. The molecule has 1 aliphatic rings. The molecule has 1 fully saturated rings. The number of urea groups is 1. The highest BCUT2D eigenvalue weighted by atomic mass is 16.4. The number of amides is 2. The Bertz CT molecular complexity index is 330. The van der Waals surface area contributed by atoms with Crippen LogP contribution in [0.2, 0.25) is 0 Å². The first kappa shape index (κ1) is 16.8. The smallest absolute Gasteiger partial charge is 0.326 e. The summed E-state index contributed by atoms with van der Waals surface area (Å²) in [5.41, 5.74) is 0. The summed E-state index contributed by atoms with van der Waals surface area (Å²) in [6, 6.07) is -0.539. The molecule has 1 saturated carbocycles. The minimum Gasteiger partial charge on any atom is -0.480 e. The molecule has 0 aromatic rings. The standard InChI is InChI=1S/C14H27N3O3/c1-4-17(11-5-6-11)8-7-15-14(20)16-12(13(18)19)9-10(2)3/h10-12H,4-9H2,1-3H3,(H,18,19)(H2,15,16,20). The summed E-state index contributed by atoms with van der Waals surface area (Å²) in [4.78, 5) is 25.1. The first-order valence-electron chi connectivity index (χ1n) is 7.45. The van der Waals surface area contributed by atoms with E-state index in [4.69, 9.17) is 5.11 Å². The van der Waals surface area contributed by atoms with Crippen LogP contribution in [0.4, 0.5) is 4.79 Å². The Balaban J connectivity index is 2.25. The Hall–Kier alpha value is -1.30. The highest BCUT2D eigenvalue weighted by molar-refractivity contribution is 5.82. The van der Waals surface area contributed by atoms with Crippen molar-refractivity contribution in [2.45, 2.75) is 52.1 Å². The molecule has 2 amide bonds. The van der Waals surface area contributed by atoms with Crippen molar-refractivity contribution in [1.29, 1.82) is 0 Å². The van der Waals surface area contributed by atoms with Crippen molar-refractivity contribution < 1.29 is 14.7 Å². The Kier molecular flexibility index (Phi) is 6.78. The fourth-order valence-electron chi connectivity index (χ4n) is 2.25. The van der Waals surface area contributed by atoms with E-state index in [1.807, 2.05) is 13.8 Å². The van der Waals surface area contributed by atoms with Gasteiger partial charge in [-0.25, -0.2) is 9.59 Å². The number of carbonyl (C=O) groups is 2. The van der Waals surface area contributed by atoms with Crippen LogP contribution < -0.4 is 10.6 Å². The van der Waals surface area contributed by atoms with Crippen molar-refractivity contribution in [3.05, 3.63) is 0 Å². The summed E-state index contributed by atoms with van der Waals surface area (Å²) in [5.74, 6) is -0.760. The molecule has 0 aromatic heterocycles. The number of aliphatic carboxylic acids is 1. The SMILES string of the molecule is CCN(CCNC(=O)NC(CC(C)C)C(=O)O)C1CC1. The Morgan fingerprint density at radius 1 is 1.35 bits per heavy atom. The van der Waals surface area contributed by atoms with Gasteiger partial charge in [0.1, 0.15) is 6.04 Å². The van der Waals surface area contributed by atoms with Crippen LogP contribution in [0.5, 0.6) is 0 Å². The van der Waals surface area contributed by atoms with E-state index in [-0.39, 0.29) is 5.92 Å². The second-order valence-electron chi connectivity index (χ2n) is 5.78. The molecule has 0 aliphatic heterocycles. The van der Waals surface area contributed by atoms with Crippen molar-refractivity contribution in [1.82, 2.24) is 15.5 Å². The summed E-state index contributed by atoms with van der Waals surface area (Å²) in [6.07, 6.45) is 2.93. The molecule has 20 heavy (non-hydrogen) atoms. The molecular formula is C14H27N3O3. The quantitative estimate of drug-likeness (QED) is 0.596. The topological polar surface area (TPSA) is 81.7 Å². The molecule has 1 unspecified atom stereocenters. The van der Waals surface area contributed by atoms with Crippen LogP contribution in [0, 0.1) is 5.92 Å². The lowest BCUT2D eigenvalue weighted by Gasteiger charge is -2.21. The van der Waals surface area contributed by atoms with Crippen molar-refractivity contribution in [2.24, 2.45) is 5.92 Å². The lowest BCUT2D eigenvalue weighted by atomic mass is 10.0. The van der Waals surface area contributed by atoms with E-state index in [2.05, 4.69) is 22.5 Å². The first-order chi connectivity index (χ1) is 9.43. The largest absolute Gasteiger partial charge is 0.480 e. The van der Waals surface area contributed by atoms with Crippen molar-refractivity contribution >= 4 is 12.0 Å². The molecule has 0 spiro atoms. The predicted octanol–water partition coefficient (Wildman–Crippen LogP) is 1.27. The number of carboxylic acid groups (broad SMARTS) is 1. The van der Waals surface area contributed by atoms with Crippen LogP contribution >= 0.6 is 0 Å². The third kappa shape index (κ3) is 6.23. The maximum absolute atomic E-state index is 11.7. The van der Waals surface area contributed by atoms with E-state index in [1.165, 1.54) is 12.8 Å². The highest BCUT2D eigenvalue weighted by Crippen LogP contribution is 2.25. The van der Waals surface area contributed by atoms with Crippen LogP contribution in [0.1, 0.15) is 40.0 Å². The first-order valence-corrected chi connectivity index (χ1v) is 7.45. The second-order valence-corrected chi connectivity index (χ2v) is 5.78. The minimum absolute atomic E-state index is 0.224. The lowest BCUT2D eigenvalue weighted by Crippen LogP contribution is -2.48. The van der Waals surface area contributed by atoms with E-state index < -0.39 is 18.0 Å². The molecule has 6 heteroatoms. The minimum atomic E-state index is -0.984. The summed E-state index contributed by atoms with van der Waals surface area (Å²) >= 11 is 0. The number of hydrogen-bond acceptors (Lipinski definition) is 3. The van der Waals surface area contributed by atoms with Crippen LogP contribution in [0.15, 0.2) is 0 Å². The number of nitrogens with zero attached hydrogens (tertiary/aromatic N) is 1. The van der Waals surface area contributed by atoms with Gasteiger partial charge in [-0.3, -0.25) is 4.90 Å². The molecule has 0 bridgehead atoms. The maximum atomic E-state index is 11.7. The van der Waals surface area contributed by atoms with Gasteiger partial charge in [-0.1, -0.05) is 20.8 Å². The molecule has 116 valence electrons. The normalized spacial score (nSPS) is 16.2. The summed E-state index contributed by atoms with van der Waals surface area (Å²) in [7, 11) is 0. The number of likely N-dealkylation sites (N-methyl/N-ethyl adjacent to an activating group) is 1. The van der Waals surface area contributed by atoms with Crippen LogP contribution in [0.25, 0.3) is 0 Å². The number of carboxylic acids is 1. The van der Waals surface area contributed by atoms with Gasteiger partial charge in [-0.2, -0.15) is 0 Å². The van der Waals surface area contributed by atoms with Gasteiger partial charge in [0, 0.05) is 19.1 Å². The molecule has 0 heterocycles. The number of nitrogens with one attached hydrogen (secondary N) is 2. The molecule has 1 rings (SSSR count). The predicted molar refractivity (Wildman–Crippen MR) is 77.7 cm³/mol. The Morgan fingerprint density at radius 2 is 2.00 bits per heavy atom. The third-order valence-corrected chi connectivity index (χ3v) is 3.46. The van der Waals surface area contributed by atoms with Crippen molar-refractivity contribution in [3.8, 4) is 0 Å². The van der Waals surface area contributed by atoms with E-state index in [0.29, 0.717) is 19.0 Å². The zero-order chi connectivity index (χ0) is 15.1. The van der Waals surface area contributed by atoms with Crippen LogP contribution in [0.3, 0.4) is 0 Å². The zero-order valence-electron chi connectivity index (χ0n) is 12.7. The van der Waals surface area contributed by atoms with Gasteiger partial charge in [0.15, 0.2) is 0 Å². The van der Waals surface area contributed by atoms with Gasteiger partial charge in [0.05, 0.1) is 0 Å². The van der Waals surface area contributed by atoms with Gasteiger partial charge < -0.3 is 15.7 Å². The number of carbonyl (C=O) groups excluding carboxylic acids is 1. The summed E-state index contributed by atoms with van der Waals surface area (Å²) < 4.78 is 0. The molecule has 6 nitrogen and oxygen atoms in total. The fourth-order valence-corrected chi connectivity index (χ4v) is 2.25. The molecular weight excluding hydrogens is 258 g/mol. The van der Waals surface area contributed by atoms with Crippen LogP contribution in [-0.2, 0) is 4.79 Å². The molecule has 1 atom stereocenters. The van der Waals surface area contributed by atoms with E-state index >= 15 is 0 Å². The third-order valence-electron chi connectivity index (χ3n) is 3.46. The summed E-state index contributed by atoms with van der Waals surface area (Å²) in [6.45, 7) is 8.33. The van der Waals surface area contributed by atoms with E-state index in [9.17, 15) is 9.59 Å². The fraction of sp³-hybridized carbons (Fsp3) is 0.857. The van der Waals surface area contributed by atoms with Crippen molar-refractivity contribution in [2.75, 3.05) is 19.6 Å². The Morgan fingerprint density at radius 3 is 2.45 bits per heavy atom. The van der Waals surface area contributed by atoms with E-state index in [0.717, 1.165) is 13.1 Å². The van der Waals surface area contributed by atoms with Crippen LogP contribution in [-0.4, -0.2) is 53.7 Å².